The lowest BCUT2D eigenvalue weighted by Gasteiger charge is -2.10. The number of ether oxygens (including phenoxy) is 3. The highest BCUT2D eigenvalue weighted by Gasteiger charge is 2.01. The predicted octanol–water partition coefficient (Wildman–Crippen LogP) is 0.994. The van der Waals surface area contributed by atoms with E-state index >= 15 is 0 Å². The van der Waals surface area contributed by atoms with E-state index in [9.17, 15) is 0 Å². The summed E-state index contributed by atoms with van der Waals surface area (Å²) in [5, 5.41) is 3.27. The van der Waals surface area contributed by atoms with E-state index < -0.39 is 0 Å². The molecule has 0 amide bonds. The van der Waals surface area contributed by atoms with E-state index in [0.717, 1.165) is 32.1 Å². The minimum absolute atomic E-state index is 0.627. The summed E-state index contributed by atoms with van der Waals surface area (Å²) in [4.78, 5) is 4.26. The zero-order valence-electron chi connectivity index (χ0n) is 11.2. The van der Waals surface area contributed by atoms with Crippen molar-refractivity contribution < 1.29 is 14.2 Å². The third-order valence-electron chi connectivity index (χ3n) is 2.43. The third kappa shape index (κ3) is 6.00. The number of imidazole rings is 1. The van der Waals surface area contributed by atoms with Gasteiger partial charge in [0.1, 0.15) is 0 Å². The second kappa shape index (κ2) is 9.87. The largest absolute Gasteiger partial charge is 0.385 e. The number of hydrogen-bond donors (Lipinski definition) is 1. The van der Waals surface area contributed by atoms with Crippen LogP contribution in [-0.4, -0.2) is 56.7 Å². The number of hydrogen-bond acceptors (Lipinski definition) is 5. The van der Waals surface area contributed by atoms with Crippen molar-refractivity contribution in [1.82, 2.24) is 9.55 Å². The van der Waals surface area contributed by atoms with Gasteiger partial charge in [0.2, 0.25) is 5.95 Å². The van der Waals surface area contributed by atoms with Gasteiger partial charge in [0.25, 0.3) is 0 Å². The number of rotatable bonds is 11. The molecule has 1 N–H and O–H groups in total. The van der Waals surface area contributed by atoms with Crippen molar-refractivity contribution in [3.05, 3.63) is 12.4 Å². The van der Waals surface area contributed by atoms with Crippen LogP contribution in [0.1, 0.15) is 6.42 Å². The van der Waals surface area contributed by atoms with Gasteiger partial charge in [-0.2, -0.15) is 0 Å². The minimum atomic E-state index is 0.627. The van der Waals surface area contributed by atoms with Gasteiger partial charge < -0.3 is 24.1 Å². The molecular weight excluding hydrogens is 234 g/mol. The number of anilines is 1. The van der Waals surface area contributed by atoms with Gasteiger partial charge in [-0.25, -0.2) is 4.98 Å². The molecule has 0 aliphatic rings. The van der Waals surface area contributed by atoms with Gasteiger partial charge in [-0.05, 0) is 6.42 Å². The molecule has 1 rings (SSSR count). The predicted molar refractivity (Wildman–Crippen MR) is 69.9 cm³/mol. The first-order chi connectivity index (χ1) is 8.88. The summed E-state index contributed by atoms with van der Waals surface area (Å²) in [5.41, 5.74) is 0. The average Bonchev–Trinajstić information content (AvgIpc) is 2.82. The van der Waals surface area contributed by atoms with Crippen LogP contribution in [0.3, 0.4) is 0 Å². The molecule has 1 aromatic heterocycles. The van der Waals surface area contributed by atoms with Gasteiger partial charge in [-0.1, -0.05) is 0 Å². The molecule has 0 unspecified atom stereocenters. The van der Waals surface area contributed by atoms with Crippen molar-refractivity contribution in [3.8, 4) is 0 Å². The van der Waals surface area contributed by atoms with Crippen LogP contribution in [0.2, 0.25) is 0 Å². The van der Waals surface area contributed by atoms with E-state index in [1.165, 1.54) is 0 Å². The Kier molecular flexibility index (Phi) is 8.20. The zero-order valence-corrected chi connectivity index (χ0v) is 11.2. The Bertz CT molecular complexity index is 305. The van der Waals surface area contributed by atoms with Gasteiger partial charge >= 0.3 is 0 Å². The third-order valence-corrected chi connectivity index (χ3v) is 2.43. The summed E-state index contributed by atoms with van der Waals surface area (Å²) in [5.74, 6) is 0.876. The first kappa shape index (κ1) is 14.9. The van der Waals surface area contributed by atoms with Crippen LogP contribution in [0.5, 0.6) is 0 Å². The summed E-state index contributed by atoms with van der Waals surface area (Å²) in [7, 11) is 3.37. The maximum Gasteiger partial charge on any atom is 0.202 e. The Labute approximate surface area is 108 Å². The fourth-order valence-corrected chi connectivity index (χ4v) is 1.48. The Morgan fingerprint density at radius 1 is 1.17 bits per heavy atom. The van der Waals surface area contributed by atoms with E-state index in [1.807, 2.05) is 10.8 Å². The van der Waals surface area contributed by atoms with E-state index in [4.69, 9.17) is 14.2 Å². The van der Waals surface area contributed by atoms with E-state index in [2.05, 4.69) is 10.3 Å². The lowest BCUT2D eigenvalue weighted by atomic mass is 10.4. The van der Waals surface area contributed by atoms with Crippen LogP contribution in [-0.2, 0) is 20.8 Å². The standard InChI is InChI=1S/C12H23N3O3/c1-16-8-3-4-13-12-14-5-6-15(12)7-9-18-11-10-17-2/h5-6H,3-4,7-11H2,1-2H3,(H,13,14). The molecule has 6 heteroatoms. The summed E-state index contributed by atoms with van der Waals surface area (Å²) in [6, 6.07) is 0. The zero-order chi connectivity index (χ0) is 13.1. The first-order valence-electron chi connectivity index (χ1n) is 6.19. The Hall–Kier alpha value is -1.11. The van der Waals surface area contributed by atoms with Crippen molar-refractivity contribution >= 4 is 5.95 Å². The molecule has 6 nitrogen and oxygen atoms in total. The van der Waals surface area contributed by atoms with Crippen molar-refractivity contribution in [2.45, 2.75) is 13.0 Å². The molecule has 1 heterocycles. The number of aromatic nitrogens is 2. The van der Waals surface area contributed by atoms with Gasteiger partial charge in [0, 0.05) is 46.3 Å². The molecule has 104 valence electrons. The topological polar surface area (TPSA) is 57.5 Å². The van der Waals surface area contributed by atoms with Crippen molar-refractivity contribution in [2.75, 3.05) is 52.5 Å². The second-order valence-electron chi connectivity index (χ2n) is 3.82. The number of methoxy groups -OCH3 is 2. The van der Waals surface area contributed by atoms with Crippen LogP contribution in [0, 0.1) is 0 Å². The fraction of sp³-hybridized carbons (Fsp3) is 0.750. The summed E-state index contributed by atoms with van der Waals surface area (Å²) < 4.78 is 17.4. The lowest BCUT2D eigenvalue weighted by Crippen LogP contribution is -2.13. The fourth-order valence-electron chi connectivity index (χ4n) is 1.48. The maximum atomic E-state index is 5.42. The molecule has 0 fully saturated rings. The Morgan fingerprint density at radius 2 is 2.00 bits per heavy atom. The first-order valence-corrected chi connectivity index (χ1v) is 6.19. The monoisotopic (exact) mass is 257 g/mol. The van der Waals surface area contributed by atoms with Crippen LogP contribution in [0.4, 0.5) is 5.95 Å². The molecule has 0 atom stereocenters. The molecule has 0 saturated heterocycles. The van der Waals surface area contributed by atoms with E-state index in [1.54, 1.807) is 20.4 Å². The quantitative estimate of drug-likeness (QED) is 0.599. The van der Waals surface area contributed by atoms with Crippen molar-refractivity contribution in [1.29, 1.82) is 0 Å². The van der Waals surface area contributed by atoms with Crippen LogP contribution in [0.15, 0.2) is 12.4 Å². The lowest BCUT2D eigenvalue weighted by molar-refractivity contribution is 0.0668. The summed E-state index contributed by atoms with van der Waals surface area (Å²) in [6.45, 7) is 4.32. The molecule has 0 radical (unpaired) electrons. The average molecular weight is 257 g/mol. The SMILES string of the molecule is COCCCNc1nccn1CCOCCOC. The Balaban J connectivity index is 2.18. The molecule has 0 aliphatic heterocycles. The molecule has 0 saturated carbocycles. The molecule has 0 spiro atoms. The normalized spacial score (nSPS) is 10.8. The second-order valence-corrected chi connectivity index (χ2v) is 3.82. The Morgan fingerprint density at radius 3 is 2.78 bits per heavy atom. The van der Waals surface area contributed by atoms with Gasteiger partial charge in [-0.3, -0.25) is 0 Å². The number of nitrogens with zero attached hydrogens (tertiary/aromatic N) is 2. The summed E-state index contributed by atoms with van der Waals surface area (Å²) >= 11 is 0. The molecule has 0 bridgehead atoms. The molecule has 0 aromatic carbocycles. The smallest absolute Gasteiger partial charge is 0.202 e. The molecular formula is C12H23N3O3. The van der Waals surface area contributed by atoms with Gasteiger partial charge in [0.15, 0.2) is 0 Å². The molecule has 18 heavy (non-hydrogen) atoms. The van der Waals surface area contributed by atoms with Crippen LogP contribution in [0.25, 0.3) is 0 Å². The molecule has 0 aliphatic carbocycles. The minimum Gasteiger partial charge on any atom is -0.385 e. The number of nitrogens with one attached hydrogen (secondary N) is 1. The molecule has 1 aromatic rings. The van der Waals surface area contributed by atoms with Crippen molar-refractivity contribution in [2.24, 2.45) is 0 Å². The van der Waals surface area contributed by atoms with Gasteiger partial charge in [-0.15, -0.1) is 0 Å². The van der Waals surface area contributed by atoms with E-state index in [0.29, 0.717) is 19.8 Å². The summed E-state index contributed by atoms with van der Waals surface area (Å²) in [6.07, 6.45) is 4.69. The van der Waals surface area contributed by atoms with Crippen LogP contribution >= 0.6 is 0 Å². The van der Waals surface area contributed by atoms with Crippen molar-refractivity contribution in [3.63, 3.8) is 0 Å². The highest BCUT2D eigenvalue weighted by molar-refractivity contribution is 5.25. The van der Waals surface area contributed by atoms with Gasteiger partial charge in [0.05, 0.1) is 19.8 Å². The maximum absolute atomic E-state index is 5.42. The highest BCUT2D eigenvalue weighted by Crippen LogP contribution is 2.04. The van der Waals surface area contributed by atoms with E-state index in [-0.39, 0.29) is 0 Å². The highest BCUT2D eigenvalue weighted by atomic mass is 16.5. The van der Waals surface area contributed by atoms with Crippen LogP contribution < -0.4 is 5.32 Å².